The fraction of sp³-hybridized carbons (Fsp3) is 0.793. The number of fused-ring (bicyclic) bond motifs is 2. The molecule has 2 rings (SSSR count). The molecule has 0 amide bonds. The molecule has 1 fully saturated rings. The van der Waals surface area contributed by atoms with Crippen LogP contribution in [0.25, 0.3) is 0 Å². The SMILES string of the molecule is CC(C)=CC(B(CCCCCCC12C=CC(CC1)C2)C(C=C(C)C)C(C)C)C(C)C. The third-order valence-electron chi connectivity index (χ3n) is 7.95. The molecule has 2 bridgehead atoms. The maximum absolute atomic E-state index is 2.59. The number of allylic oxidation sites excluding steroid dienone is 6. The first kappa shape index (κ1) is 25.5. The molecule has 0 saturated heterocycles. The van der Waals surface area contributed by atoms with E-state index in [0.717, 1.165) is 12.6 Å². The van der Waals surface area contributed by atoms with E-state index in [1.807, 2.05) is 0 Å². The highest BCUT2D eigenvalue weighted by atomic mass is 14.4. The van der Waals surface area contributed by atoms with Crippen molar-refractivity contribution in [1.82, 2.24) is 0 Å². The number of hydrogen-bond donors (Lipinski definition) is 0. The average molecular weight is 411 g/mol. The van der Waals surface area contributed by atoms with E-state index in [1.54, 1.807) is 0 Å². The van der Waals surface area contributed by atoms with Crippen LogP contribution in [0.3, 0.4) is 0 Å². The molecule has 0 heterocycles. The zero-order chi connectivity index (χ0) is 22.3. The Kier molecular flexibility index (Phi) is 10.0. The molecule has 0 aromatic carbocycles. The van der Waals surface area contributed by atoms with Crippen LogP contribution in [0, 0.1) is 23.2 Å². The number of unbranched alkanes of at least 4 members (excludes halogenated alkanes) is 3. The lowest BCUT2D eigenvalue weighted by Crippen LogP contribution is -2.31. The van der Waals surface area contributed by atoms with Gasteiger partial charge in [-0.2, -0.15) is 0 Å². The second-order valence-corrected chi connectivity index (χ2v) is 12.0. The van der Waals surface area contributed by atoms with Gasteiger partial charge in [0.1, 0.15) is 0 Å². The summed E-state index contributed by atoms with van der Waals surface area (Å²) >= 11 is 0. The van der Waals surface area contributed by atoms with Gasteiger partial charge in [0.05, 0.1) is 0 Å². The molecule has 1 heteroatoms. The lowest BCUT2D eigenvalue weighted by atomic mass is 9.28. The fourth-order valence-electron chi connectivity index (χ4n) is 6.41. The van der Waals surface area contributed by atoms with Gasteiger partial charge >= 0.3 is 0 Å². The molecular weight excluding hydrogens is 359 g/mol. The standard InChI is InChI=1S/C29H51B/c1-22(2)19-27(24(5)6)30(28(25(7)8)20-23(3)4)18-12-10-9-11-15-29-16-13-26(21-29)14-17-29/h13,16,19-20,24-28H,9-12,14-15,17-18,21H2,1-8H3. The van der Waals surface area contributed by atoms with Gasteiger partial charge in [-0.3, -0.25) is 0 Å². The van der Waals surface area contributed by atoms with Crippen LogP contribution in [0.2, 0.25) is 18.0 Å². The van der Waals surface area contributed by atoms with E-state index >= 15 is 0 Å². The topological polar surface area (TPSA) is 0 Å². The molecule has 2 aliphatic rings. The molecule has 0 spiro atoms. The summed E-state index contributed by atoms with van der Waals surface area (Å²) in [5.74, 6) is 3.73. The molecular formula is C29H51B. The van der Waals surface area contributed by atoms with Crippen molar-refractivity contribution in [3.05, 3.63) is 35.5 Å². The Labute approximate surface area is 190 Å². The second-order valence-electron chi connectivity index (χ2n) is 12.0. The minimum atomic E-state index is 0.617. The van der Waals surface area contributed by atoms with Crippen LogP contribution in [0.1, 0.15) is 107 Å². The lowest BCUT2D eigenvalue weighted by Gasteiger charge is -2.34. The largest absolute Gasteiger partial charge is 0.155 e. The minimum absolute atomic E-state index is 0.617. The van der Waals surface area contributed by atoms with Crippen LogP contribution in [0.4, 0.5) is 0 Å². The Morgan fingerprint density at radius 1 is 0.900 bits per heavy atom. The van der Waals surface area contributed by atoms with Crippen molar-refractivity contribution >= 4 is 6.71 Å². The summed E-state index contributed by atoms with van der Waals surface area (Å²) in [6, 6.07) is 0. The van der Waals surface area contributed by atoms with Gasteiger partial charge in [0, 0.05) is 0 Å². The summed E-state index contributed by atoms with van der Waals surface area (Å²) in [7, 11) is 0. The zero-order valence-corrected chi connectivity index (χ0v) is 21.6. The van der Waals surface area contributed by atoms with E-state index in [0.29, 0.717) is 28.9 Å². The fourth-order valence-corrected chi connectivity index (χ4v) is 6.41. The molecule has 0 aromatic rings. The number of rotatable bonds is 13. The third kappa shape index (κ3) is 7.46. The molecule has 4 atom stereocenters. The van der Waals surface area contributed by atoms with Crippen LogP contribution < -0.4 is 0 Å². The zero-order valence-electron chi connectivity index (χ0n) is 21.6. The lowest BCUT2D eigenvalue weighted by molar-refractivity contribution is 0.351. The second kappa shape index (κ2) is 11.8. The molecule has 0 radical (unpaired) electrons. The van der Waals surface area contributed by atoms with Crippen LogP contribution in [0.15, 0.2) is 35.5 Å². The van der Waals surface area contributed by atoms with Gasteiger partial charge in [-0.05, 0) is 88.2 Å². The quantitative estimate of drug-likeness (QED) is 0.161. The van der Waals surface area contributed by atoms with Crippen molar-refractivity contribution in [3.63, 3.8) is 0 Å². The monoisotopic (exact) mass is 410 g/mol. The van der Waals surface area contributed by atoms with Crippen molar-refractivity contribution in [2.75, 3.05) is 0 Å². The normalized spacial score (nSPS) is 24.4. The summed E-state index contributed by atoms with van der Waals surface area (Å²) in [5.41, 5.74) is 3.58. The highest BCUT2D eigenvalue weighted by Crippen LogP contribution is 2.52. The van der Waals surface area contributed by atoms with Gasteiger partial charge in [-0.25, -0.2) is 0 Å². The Morgan fingerprint density at radius 2 is 1.47 bits per heavy atom. The van der Waals surface area contributed by atoms with Crippen molar-refractivity contribution in [2.45, 2.75) is 125 Å². The summed E-state index contributed by atoms with van der Waals surface area (Å²) in [6.07, 6.45) is 23.2. The molecule has 0 N–H and O–H groups in total. The third-order valence-corrected chi connectivity index (χ3v) is 7.95. The predicted octanol–water partition coefficient (Wildman–Crippen LogP) is 9.77. The Balaban J connectivity index is 1.93. The minimum Gasteiger partial charge on any atom is -0.0897 e. The molecule has 4 unspecified atom stereocenters. The first-order chi connectivity index (χ1) is 14.1. The first-order valence-corrected chi connectivity index (χ1v) is 13.1. The van der Waals surface area contributed by atoms with E-state index in [9.17, 15) is 0 Å². The van der Waals surface area contributed by atoms with Crippen LogP contribution in [0.5, 0.6) is 0 Å². The van der Waals surface area contributed by atoms with Gasteiger partial charge in [0.15, 0.2) is 6.71 Å². The smallest absolute Gasteiger partial charge is 0.0897 e. The van der Waals surface area contributed by atoms with Crippen LogP contribution >= 0.6 is 0 Å². The van der Waals surface area contributed by atoms with E-state index in [4.69, 9.17) is 0 Å². The van der Waals surface area contributed by atoms with Gasteiger partial charge in [0.2, 0.25) is 0 Å². The van der Waals surface area contributed by atoms with Crippen LogP contribution in [-0.2, 0) is 0 Å². The molecule has 30 heavy (non-hydrogen) atoms. The van der Waals surface area contributed by atoms with Crippen molar-refractivity contribution in [1.29, 1.82) is 0 Å². The molecule has 1 saturated carbocycles. The highest BCUT2D eigenvalue weighted by Gasteiger charge is 2.39. The summed E-state index contributed by atoms with van der Waals surface area (Å²) in [6.45, 7) is 19.6. The van der Waals surface area contributed by atoms with Gasteiger partial charge < -0.3 is 0 Å². The Morgan fingerprint density at radius 3 is 1.87 bits per heavy atom. The van der Waals surface area contributed by atoms with Crippen molar-refractivity contribution < 1.29 is 0 Å². The summed E-state index contributed by atoms with van der Waals surface area (Å²) in [4.78, 5) is 0. The van der Waals surface area contributed by atoms with Gasteiger partial charge in [-0.1, -0.05) is 95.1 Å². The maximum atomic E-state index is 2.59. The predicted molar refractivity (Wildman–Crippen MR) is 139 cm³/mol. The number of hydrogen-bond acceptors (Lipinski definition) is 0. The van der Waals surface area contributed by atoms with Crippen molar-refractivity contribution in [2.24, 2.45) is 23.2 Å². The van der Waals surface area contributed by atoms with E-state index in [-0.39, 0.29) is 0 Å². The van der Waals surface area contributed by atoms with Crippen LogP contribution in [-0.4, -0.2) is 6.71 Å². The maximum Gasteiger partial charge on any atom is 0.155 e. The highest BCUT2D eigenvalue weighted by molar-refractivity contribution is 6.63. The van der Waals surface area contributed by atoms with Gasteiger partial charge in [-0.15, -0.1) is 0 Å². The summed E-state index contributed by atoms with van der Waals surface area (Å²) < 4.78 is 0. The molecule has 170 valence electrons. The molecule has 0 aromatic heterocycles. The molecule has 0 aliphatic heterocycles. The Bertz CT molecular complexity index is 570. The first-order valence-electron chi connectivity index (χ1n) is 13.1. The van der Waals surface area contributed by atoms with Crippen molar-refractivity contribution in [3.8, 4) is 0 Å². The molecule has 0 nitrogen and oxygen atoms in total. The average Bonchev–Trinajstić information content (AvgIpc) is 3.25. The van der Waals surface area contributed by atoms with E-state index in [1.165, 1.54) is 68.8 Å². The molecule has 2 aliphatic carbocycles. The van der Waals surface area contributed by atoms with E-state index in [2.05, 4.69) is 79.7 Å². The Hall–Kier alpha value is -0.715. The van der Waals surface area contributed by atoms with E-state index < -0.39 is 0 Å². The van der Waals surface area contributed by atoms with Gasteiger partial charge in [0.25, 0.3) is 0 Å². The summed E-state index contributed by atoms with van der Waals surface area (Å²) in [5, 5.41) is 0.